The summed E-state index contributed by atoms with van der Waals surface area (Å²) in [5.41, 5.74) is 0. The highest BCUT2D eigenvalue weighted by Crippen LogP contribution is 2.05. The summed E-state index contributed by atoms with van der Waals surface area (Å²) in [5, 5.41) is 9.00. The number of aliphatic hydroxyl groups is 1. The van der Waals surface area contributed by atoms with Crippen LogP contribution in [-0.4, -0.2) is 21.2 Å². The Bertz CT molecular complexity index is 235. The van der Waals surface area contributed by atoms with E-state index in [-0.39, 0.29) is 6.10 Å². The molecule has 0 aliphatic heterocycles. The van der Waals surface area contributed by atoms with Crippen molar-refractivity contribution in [1.29, 1.82) is 0 Å². The van der Waals surface area contributed by atoms with Gasteiger partial charge in [0.15, 0.2) is 0 Å². The molecule has 0 spiro atoms. The summed E-state index contributed by atoms with van der Waals surface area (Å²) in [4.78, 5) is 8.16. The molecule has 66 valence electrons. The monoisotopic (exact) mass is 230 g/mol. The Morgan fingerprint density at radius 1 is 1.50 bits per heavy atom. The lowest BCUT2D eigenvalue weighted by Crippen LogP contribution is -2.03. The molecule has 0 bridgehead atoms. The fourth-order valence-electron chi connectivity index (χ4n) is 0.806. The Hall–Kier alpha value is -0.480. The summed E-state index contributed by atoms with van der Waals surface area (Å²) in [5.74, 6) is 0.777. The van der Waals surface area contributed by atoms with Gasteiger partial charge in [0.05, 0.1) is 10.6 Å². The molecule has 0 saturated heterocycles. The SMILES string of the molecule is C[C@@H](O)CCc1ncc(Br)cn1. The molecule has 1 rings (SSSR count). The zero-order valence-electron chi connectivity index (χ0n) is 6.87. The number of aryl methyl sites for hydroxylation is 1. The molecule has 1 aromatic heterocycles. The average molecular weight is 231 g/mol. The van der Waals surface area contributed by atoms with Crippen LogP contribution in [-0.2, 0) is 6.42 Å². The summed E-state index contributed by atoms with van der Waals surface area (Å²) >= 11 is 3.25. The van der Waals surface area contributed by atoms with Crippen LogP contribution in [0.1, 0.15) is 19.2 Å². The summed E-state index contributed by atoms with van der Waals surface area (Å²) < 4.78 is 0.878. The van der Waals surface area contributed by atoms with Gasteiger partial charge in [-0.1, -0.05) is 0 Å². The first-order valence-corrected chi connectivity index (χ1v) is 4.62. The van der Waals surface area contributed by atoms with E-state index < -0.39 is 0 Å². The molecule has 12 heavy (non-hydrogen) atoms. The lowest BCUT2D eigenvalue weighted by Gasteiger charge is -2.01. The highest BCUT2D eigenvalue weighted by molar-refractivity contribution is 9.10. The highest BCUT2D eigenvalue weighted by atomic mass is 79.9. The van der Waals surface area contributed by atoms with Crippen molar-refractivity contribution in [2.24, 2.45) is 0 Å². The van der Waals surface area contributed by atoms with E-state index >= 15 is 0 Å². The van der Waals surface area contributed by atoms with E-state index in [0.717, 1.165) is 16.7 Å². The van der Waals surface area contributed by atoms with Gasteiger partial charge < -0.3 is 5.11 Å². The van der Waals surface area contributed by atoms with Crippen molar-refractivity contribution in [3.8, 4) is 0 Å². The second kappa shape index (κ2) is 4.52. The Kier molecular flexibility index (Phi) is 3.62. The standard InChI is InChI=1S/C8H11BrN2O/c1-6(12)2-3-8-10-4-7(9)5-11-8/h4-6,12H,2-3H2,1H3/t6-/m1/s1. The molecule has 0 aliphatic carbocycles. The minimum absolute atomic E-state index is 0.280. The number of hydrogen-bond acceptors (Lipinski definition) is 3. The molecule has 1 heterocycles. The summed E-state index contributed by atoms with van der Waals surface area (Å²) in [6, 6.07) is 0. The van der Waals surface area contributed by atoms with Gasteiger partial charge in [-0.15, -0.1) is 0 Å². The highest BCUT2D eigenvalue weighted by Gasteiger charge is 1.99. The second-order valence-electron chi connectivity index (χ2n) is 2.71. The van der Waals surface area contributed by atoms with Crippen LogP contribution in [0, 0.1) is 0 Å². The zero-order valence-corrected chi connectivity index (χ0v) is 8.45. The molecule has 1 atom stereocenters. The van der Waals surface area contributed by atoms with Crippen molar-refractivity contribution >= 4 is 15.9 Å². The number of halogens is 1. The van der Waals surface area contributed by atoms with Gasteiger partial charge in [-0.3, -0.25) is 0 Å². The second-order valence-corrected chi connectivity index (χ2v) is 3.62. The van der Waals surface area contributed by atoms with Gasteiger partial charge in [0, 0.05) is 18.8 Å². The molecule has 1 N–H and O–H groups in total. The largest absolute Gasteiger partial charge is 0.393 e. The third-order valence-electron chi connectivity index (χ3n) is 1.46. The van der Waals surface area contributed by atoms with E-state index in [2.05, 4.69) is 25.9 Å². The first-order chi connectivity index (χ1) is 5.68. The van der Waals surface area contributed by atoms with Crippen LogP contribution in [0.3, 0.4) is 0 Å². The van der Waals surface area contributed by atoms with Crippen LogP contribution in [0.25, 0.3) is 0 Å². The molecule has 0 aromatic carbocycles. The maximum absolute atomic E-state index is 9.00. The van der Waals surface area contributed by atoms with E-state index in [1.54, 1.807) is 19.3 Å². The van der Waals surface area contributed by atoms with Gasteiger partial charge in [-0.25, -0.2) is 9.97 Å². The topological polar surface area (TPSA) is 46.0 Å². The predicted molar refractivity (Wildman–Crippen MR) is 49.7 cm³/mol. The maximum Gasteiger partial charge on any atom is 0.128 e. The van der Waals surface area contributed by atoms with Crippen molar-refractivity contribution in [3.05, 3.63) is 22.7 Å². The van der Waals surface area contributed by atoms with Crippen LogP contribution in [0.5, 0.6) is 0 Å². The molecule has 0 unspecified atom stereocenters. The summed E-state index contributed by atoms with van der Waals surface area (Å²) in [6.45, 7) is 1.76. The van der Waals surface area contributed by atoms with Gasteiger partial charge in [0.1, 0.15) is 5.82 Å². The number of rotatable bonds is 3. The van der Waals surface area contributed by atoms with Crippen molar-refractivity contribution in [3.63, 3.8) is 0 Å². The quantitative estimate of drug-likeness (QED) is 0.858. The number of aromatic nitrogens is 2. The Balaban J connectivity index is 2.48. The van der Waals surface area contributed by atoms with Crippen LogP contribution in [0.2, 0.25) is 0 Å². The van der Waals surface area contributed by atoms with E-state index in [9.17, 15) is 0 Å². The minimum atomic E-state index is -0.280. The Morgan fingerprint density at radius 2 is 2.08 bits per heavy atom. The van der Waals surface area contributed by atoms with Crippen LogP contribution in [0.4, 0.5) is 0 Å². The first-order valence-electron chi connectivity index (χ1n) is 3.83. The van der Waals surface area contributed by atoms with Crippen molar-refractivity contribution < 1.29 is 5.11 Å². The minimum Gasteiger partial charge on any atom is -0.393 e. The average Bonchev–Trinajstić information content (AvgIpc) is 2.03. The number of aliphatic hydroxyl groups excluding tert-OH is 1. The summed E-state index contributed by atoms with van der Waals surface area (Å²) in [6.07, 6.45) is 4.58. The zero-order chi connectivity index (χ0) is 8.97. The molecule has 4 heteroatoms. The van der Waals surface area contributed by atoms with Gasteiger partial charge >= 0.3 is 0 Å². The molecule has 3 nitrogen and oxygen atoms in total. The molecule has 0 aliphatic rings. The lowest BCUT2D eigenvalue weighted by molar-refractivity contribution is 0.184. The van der Waals surface area contributed by atoms with Crippen LogP contribution in [0.15, 0.2) is 16.9 Å². The van der Waals surface area contributed by atoms with Crippen molar-refractivity contribution in [2.45, 2.75) is 25.9 Å². The molecule has 0 radical (unpaired) electrons. The van der Waals surface area contributed by atoms with Gasteiger partial charge in [-0.2, -0.15) is 0 Å². The maximum atomic E-state index is 9.00. The smallest absolute Gasteiger partial charge is 0.128 e. The van der Waals surface area contributed by atoms with E-state index in [1.165, 1.54) is 0 Å². The molecule has 0 fully saturated rings. The third kappa shape index (κ3) is 3.28. The fourth-order valence-corrected chi connectivity index (χ4v) is 1.01. The third-order valence-corrected chi connectivity index (χ3v) is 1.87. The molecule has 0 saturated carbocycles. The normalized spacial score (nSPS) is 12.9. The molecule has 0 amide bonds. The van der Waals surface area contributed by atoms with E-state index in [4.69, 9.17) is 5.11 Å². The lowest BCUT2D eigenvalue weighted by atomic mass is 10.2. The molecular formula is C8H11BrN2O. The van der Waals surface area contributed by atoms with Crippen molar-refractivity contribution in [2.75, 3.05) is 0 Å². The molecular weight excluding hydrogens is 220 g/mol. The van der Waals surface area contributed by atoms with Crippen molar-refractivity contribution in [1.82, 2.24) is 9.97 Å². The van der Waals surface area contributed by atoms with E-state index in [0.29, 0.717) is 6.42 Å². The van der Waals surface area contributed by atoms with Crippen LogP contribution >= 0.6 is 15.9 Å². The van der Waals surface area contributed by atoms with Crippen LogP contribution < -0.4 is 0 Å². The Morgan fingerprint density at radius 3 is 2.58 bits per heavy atom. The van der Waals surface area contributed by atoms with Gasteiger partial charge in [-0.05, 0) is 29.3 Å². The van der Waals surface area contributed by atoms with E-state index in [1.807, 2.05) is 0 Å². The number of hydrogen-bond donors (Lipinski definition) is 1. The Labute approximate surface area is 80.0 Å². The number of nitrogens with zero attached hydrogens (tertiary/aromatic N) is 2. The van der Waals surface area contributed by atoms with Gasteiger partial charge in [0.25, 0.3) is 0 Å². The molecule has 1 aromatic rings. The summed E-state index contributed by atoms with van der Waals surface area (Å²) in [7, 11) is 0. The first kappa shape index (κ1) is 9.61. The predicted octanol–water partition coefficient (Wildman–Crippen LogP) is 1.55. The van der Waals surface area contributed by atoms with Gasteiger partial charge in [0.2, 0.25) is 0 Å². The fraction of sp³-hybridized carbons (Fsp3) is 0.500.